The van der Waals surface area contributed by atoms with Crippen LogP contribution in [-0.4, -0.2) is 14.7 Å². The molecule has 0 amide bonds. The fraction of sp³-hybridized carbons (Fsp3) is 0.417. The van der Waals surface area contributed by atoms with Gasteiger partial charge in [0.2, 0.25) is 5.82 Å². The van der Waals surface area contributed by atoms with Crippen molar-refractivity contribution in [3.63, 3.8) is 0 Å². The fourth-order valence-corrected chi connectivity index (χ4v) is 2.54. The van der Waals surface area contributed by atoms with Gasteiger partial charge in [-0.25, -0.2) is 4.68 Å². The van der Waals surface area contributed by atoms with Gasteiger partial charge in [0.1, 0.15) is 5.69 Å². The number of thiophene rings is 1. The summed E-state index contributed by atoms with van der Waals surface area (Å²) in [6, 6.07) is 2.06. The standard InChI is InChI=1S/C12H16N4O2S/c1-8(2)15-12(11(16(17)18)9(3)14-15)13-6-10-4-5-19-7-10/h4-5,7-8,13H,6H2,1-3H3. The summed E-state index contributed by atoms with van der Waals surface area (Å²) < 4.78 is 1.67. The maximum atomic E-state index is 11.2. The molecule has 0 aromatic carbocycles. The van der Waals surface area contributed by atoms with Crippen LogP contribution < -0.4 is 5.32 Å². The van der Waals surface area contributed by atoms with E-state index in [-0.39, 0.29) is 16.7 Å². The van der Waals surface area contributed by atoms with Crippen LogP contribution in [0.25, 0.3) is 0 Å². The Bertz CT molecular complexity index is 575. The lowest BCUT2D eigenvalue weighted by molar-refractivity contribution is -0.384. The molecule has 0 atom stereocenters. The zero-order valence-corrected chi connectivity index (χ0v) is 11.9. The Morgan fingerprint density at radius 3 is 2.84 bits per heavy atom. The summed E-state index contributed by atoms with van der Waals surface area (Å²) in [6.45, 7) is 6.12. The van der Waals surface area contributed by atoms with E-state index in [1.807, 2.05) is 30.7 Å². The van der Waals surface area contributed by atoms with Crippen LogP contribution in [0.4, 0.5) is 11.5 Å². The summed E-state index contributed by atoms with van der Waals surface area (Å²) in [4.78, 5) is 10.8. The normalized spacial score (nSPS) is 10.9. The highest BCUT2D eigenvalue weighted by molar-refractivity contribution is 7.07. The van der Waals surface area contributed by atoms with Gasteiger partial charge in [-0.2, -0.15) is 16.4 Å². The Morgan fingerprint density at radius 1 is 1.58 bits per heavy atom. The largest absolute Gasteiger partial charge is 0.360 e. The molecule has 102 valence electrons. The van der Waals surface area contributed by atoms with Gasteiger partial charge in [-0.3, -0.25) is 10.1 Å². The second-order valence-electron chi connectivity index (χ2n) is 4.56. The summed E-state index contributed by atoms with van der Waals surface area (Å²) in [7, 11) is 0. The van der Waals surface area contributed by atoms with E-state index < -0.39 is 0 Å². The Balaban J connectivity index is 2.32. The van der Waals surface area contributed by atoms with Gasteiger partial charge < -0.3 is 5.32 Å². The molecule has 0 radical (unpaired) electrons. The van der Waals surface area contributed by atoms with E-state index in [2.05, 4.69) is 10.4 Å². The highest BCUT2D eigenvalue weighted by Gasteiger charge is 2.26. The molecule has 0 unspecified atom stereocenters. The van der Waals surface area contributed by atoms with E-state index in [0.717, 1.165) is 5.56 Å². The van der Waals surface area contributed by atoms with Crippen LogP contribution in [0.5, 0.6) is 0 Å². The third-order valence-corrected chi connectivity index (χ3v) is 3.50. The number of aryl methyl sites for hydroxylation is 1. The molecule has 2 aromatic rings. The second kappa shape index (κ2) is 5.40. The maximum Gasteiger partial charge on any atom is 0.333 e. The molecule has 19 heavy (non-hydrogen) atoms. The summed E-state index contributed by atoms with van der Waals surface area (Å²) in [5.74, 6) is 0.476. The number of aromatic nitrogens is 2. The van der Waals surface area contributed by atoms with Crippen molar-refractivity contribution in [1.29, 1.82) is 0 Å². The number of rotatable bonds is 5. The molecule has 0 spiro atoms. The molecule has 2 rings (SSSR count). The van der Waals surface area contributed by atoms with Crippen LogP contribution >= 0.6 is 11.3 Å². The number of hydrogen-bond acceptors (Lipinski definition) is 5. The van der Waals surface area contributed by atoms with E-state index in [1.54, 1.807) is 22.9 Å². The molecule has 0 saturated heterocycles. The van der Waals surface area contributed by atoms with Crippen LogP contribution in [-0.2, 0) is 6.54 Å². The topological polar surface area (TPSA) is 73.0 Å². The van der Waals surface area contributed by atoms with Crippen molar-refractivity contribution < 1.29 is 4.92 Å². The molecule has 7 heteroatoms. The minimum Gasteiger partial charge on any atom is -0.360 e. The lowest BCUT2D eigenvalue weighted by Gasteiger charge is -2.11. The van der Waals surface area contributed by atoms with E-state index in [1.165, 1.54) is 0 Å². The molecule has 0 fully saturated rings. The van der Waals surface area contributed by atoms with Crippen LogP contribution in [0.1, 0.15) is 31.1 Å². The number of nitrogens with zero attached hydrogens (tertiary/aromatic N) is 3. The number of anilines is 1. The van der Waals surface area contributed by atoms with Crippen molar-refractivity contribution in [2.45, 2.75) is 33.4 Å². The highest BCUT2D eigenvalue weighted by atomic mass is 32.1. The lowest BCUT2D eigenvalue weighted by Crippen LogP contribution is -2.10. The van der Waals surface area contributed by atoms with Gasteiger partial charge in [-0.15, -0.1) is 0 Å². The van der Waals surface area contributed by atoms with Crippen molar-refractivity contribution in [3.8, 4) is 0 Å². The fourth-order valence-electron chi connectivity index (χ4n) is 1.87. The quantitative estimate of drug-likeness (QED) is 0.673. The predicted molar refractivity (Wildman–Crippen MR) is 75.6 cm³/mol. The van der Waals surface area contributed by atoms with Crippen molar-refractivity contribution in [2.24, 2.45) is 0 Å². The van der Waals surface area contributed by atoms with Crippen LogP contribution in [0.2, 0.25) is 0 Å². The van der Waals surface area contributed by atoms with E-state index >= 15 is 0 Å². The monoisotopic (exact) mass is 280 g/mol. The average molecular weight is 280 g/mol. The zero-order valence-electron chi connectivity index (χ0n) is 11.1. The highest BCUT2D eigenvalue weighted by Crippen LogP contribution is 2.30. The molecule has 0 aliphatic heterocycles. The van der Waals surface area contributed by atoms with Crippen molar-refractivity contribution >= 4 is 22.8 Å². The van der Waals surface area contributed by atoms with Crippen LogP contribution in [0.15, 0.2) is 16.8 Å². The van der Waals surface area contributed by atoms with Gasteiger partial charge in [-0.05, 0) is 43.2 Å². The van der Waals surface area contributed by atoms with E-state index in [0.29, 0.717) is 18.1 Å². The summed E-state index contributed by atoms with van der Waals surface area (Å²) in [5.41, 5.74) is 1.60. The summed E-state index contributed by atoms with van der Waals surface area (Å²) >= 11 is 1.60. The van der Waals surface area contributed by atoms with E-state index in [4.69, 9.17) is 0 Å². The molecule has 6 nitrogen and oxygen atoms in total. The minimum absolute atomic E-state index is 0.0592. The molecule has 0 bridgehead atoms. The lowest BCUT2D eigenvalue weighted by atomic mass is 10.3. The number of hydrogen-bond donors (Lipinski definition) is 1. The van der Waals surface area contributed by atoms with Crippen molar-refractivity contribution in [3.05, 3.63) is 38.2 Å². The SMILES string of the molecule is Cc1nn(C(C)C)c(NCc2ccsc2)c1[N+](=O)[O-]. The Hall–Kier alpha value is -1.89. The molecule has 2 aromatic heterocycles. The third-order valence-electron chi connectivity index (χ3n) is 2.77. The zero-order chi connectivity index (χ0) is 14.0. The third kappa shape index (κ3) is 2.76. The van der Waals surface area contributed by atoms with Crippen LogP contribution in [0, 0.1) is 17.0 Å². The van der Waals surface area contributed by atoms with E-state index in [9.17, 15) is 10.1 Å². The molecule has 1 N–H and O–H groups in total. The van der Waals surface area contributed by atoms with Gasteiger partial charge in [0.05, 0.1) is 4.92 Å². The average Bonchev–Trinajstić information content (AvgIpc) is 2.92. The predicted octanol–water partition coefficient (Wildman–Crippen LogP) is 3.35. The van der Waals surface area contributed by atoms with Crippen molar-refractivity contribution in [2.75, 3.05) is 5.32 Å². The maximum absolute atomic E-state index is 11.2. The van der Waals surface area contributed by atoms with Gasteiger partial charge in [0.25, 0.3) is 0 Å². The van der Waals surface area contributed by atoms with Crippen molar-refractivity contribution in [1.82, 2.24) is 9.78 Å². The molecule has 0 aliphatic rings. The molecule has 2 heterocycles. The first-order valence-corrected chi connectivity index (χ1v) is 6.93. The molecular weight excluding hydrogens is 264 g/mol. The molecule has 0 aliphatic carbocycles. The smallest absolute Gasteiger partial charge is 0.333 e. The molecular formula is C12H16N4O2S. The Kier molecular flexibility index (Phi) is 3.84. The number of nitro groups is 1. The molecule has 0 saturated carbocycles. The Labute approximate surface area is 115 Å². The van der Waals surface area contributed by atoms with Gasteiger partial charge in [-0.1, -0.05) is 0 Å². The van der Waals surface area contributed by atoms with Gasteiger partial charge in [0.15, 0.2) is 0 Å². The minimum atomic E-state index is -0.378. The summed E-state index contributed by atoms with van der Waals surface area (Å²) in [5, 5.41) is 22.5. The first-order valence-electron chi connectivity index (χ1n) is 5.99. The van der Waals surface area contributed by atoms with Gasteiger partial charge >= 0.3 is 5.69 Å². The Morgan fingerprint density at radius 2 is 2.32 bits per heavy atom. The van der Waals surface area contributed by atoms with Gasteiger partial charge in [0, 0.05) is 12.6 Å². The van der Waals surface area contributed by atoms with Crippen LogP contribution in [0.3, 0.4) is 0 Å². The second-order valence-corrected chi connectivity index (χ2v) is 5.34. The first kappa shape index (κ1) is 13.5. The summed E-state index contributed by atoms with van der Waals surface area (Å²) in [6.07, 6.45) is 0. The first-order chi connectivity index (χ1) is 9.00. The number of nitrogens with one attached hydrogen (secondary N) is 1.